The molecule has 0 heterocycles. The number of nitrogens with one attached hydrogen (secondary N) is 1. The molecule has 0 saturated heterocycles. The van der Waals surface area contributed by atoms with Crippen molar-refractivity contribution in [3.05, 3.63) is 34.9 Å². The summed E-state index contributed by atoms with van der Waals surface area (Å²) < 4.78 is 0. The minimum absolute atomic E-state index is 0.138. The lowest BCUT2D eigenvalue weighted by Crippen LogP contribution is -2.35. The zero-order valence-corrected chi connectivity index (χ0v) is 10.9. The van der Waals surface area contributed by atoms with Crippen molar-refractivity contribution in [3.8, 4) is 0 Å². The Balaban J connectivity index is 2.09. The molecule has 2 rings (SSSR count). The summed E-state index contributed by atoms with van der Waals surface area (Å²) in [5.74, 6) is 0.138. The Labute approximate surface area is 107 Å². The Bertz CT molecular complexity index is 412. The third kappa shape index (κ3) is 2.47. The fourth-order valence-electron chi connectivity index (χ4n) is 2.14. The number of carbonyl (C=O) groups is 1. The molecule has 0 bridgehead atoms. The molecule has 0 atom stereocenters. The van der Waals surface area contributed by atoms with Crippen LogP contribution < -0.4 is 5.32 Å². The summed E-state index contributed by atoms with van der Waals surface area (Å²) in [7, 11) is 0. The van der Waals surface area contributed by atoms with E-state index in [1.54, 1.807) is 0 Å². The normalized spacial score (nSPS) is 16.6. The molecule has 0 aromatic heterocycles. The number of carbonyl (C=O) groups excluding carboxylic acids is 1. The predicted molar refractivity (Wildman–Crippen MR) is 70.3 cm³/mol. The van der Waals surface area contributed by atoms with E-state index in [1.165, 1.54) is 0 Å². The van der Waals surface area contributed by atoms with Crippen LogP contribution in [-0.4, -0.2) is 12.5 Å². The number of halogens is 1. The molecule has 0 aliphatic heterocycles. The molecule has 0 radical (unpaired) electrons. The van der Waals surface area contributed by atoms with Crippen LogP contribution in [0, 0.1) is 0 Å². The van der Waals surface area contributed by atoms with Gasteiger partial charge >= 0.3 is 0 Å². The van der Waals surface area contributed by atoms with Gasteiger partial charge in [-0.05, 0) is 30.9 Å². The van der Waals surface area contributed by atoms with Gasteiger partial charge in [0.25, 0.3) is 0 Å². The average molecular weight is 252 g/mol. The van der Waals surface area contributed by atoms with Crippen molar-refractivity contribution >= 4 is 17.5 Å². The Morgan fingerprint density at radius 2 is 2.12 bits per heavy atom. The van der Waals surface area contributed by atoms with Crippen LogP contribution in [0.3, 0.4) is 0 Å². The molecule has 1 amide bonds. The van der Waals surface area contributed by atoms with E-state index in [9.17, 15) is 4.79 Å². The van der Waals surface area contributed by atoms with Crippen LogP contribution >= 0.6 is 11.6 Å². The highest BCUT2D eigenvalue weighted by Gasteiger charge is 2.51. The van der Waals surface area contributed by atoms with Gasteiger partial charge in [0.05, 0.1) is 5.41 Å². The van der Waals surface area contributed by atoms with Crippen LogP contribution in [-0.2, 0) is 10.2 Å². The summed E-state index contributed by atoms with van der Waals surface area (Å²) in [4.78, 5) is 12.2. The molecule has 0 spiro atoms. The first kappa shape index (κ1) is 12.4. The number of hydrogen-bond acceptors (Lipinski definition) is 1. The Morgan fingerprint density at radius 1 is 1.41 bits per heavy atom. The van der Waals surface area contributed by atoms with Crippen molar-refractivity contribution in [2.24, 2.45) is 0 Å². The molecule has 1 aliphatic rings. The second-order valence-electron chi connectivity index (χ2n) is 4.67. The summed E-state index contributed by atoms with van der Waals surface area (Å²) in [6.07, 6.45) is 3.95. The summed E-state index contributed by atoms with van der Waals surface area (Å²) in [6, 6.07) is 7.67. The summed E-state index contributed by atoms with van der Waals surface area (Å²) in [5.41, 5.74) is 0.641. The van der Waals surface area contributed by atoms with E-state index in [1.807, 2.05) is 24.3 Å². The van der Waals surface area contributed by atoms with Gasteiger partial charge in [0, 0.05) is 11.6 Å². The van der Waals surface area contributed by atoms with E-state index in [-0.39, 0.29) is 11.3 Å². The monoisotopic (exact) mass is 251 g/mol. The van der Waals surface area contributed by atoms with Crippen LogP contribution in [0.25, 0.3) is 0 Å². The Morgan fingerprint density at radius 3 is 2.71 bits per heavy atom. The van der Waals surface area contributed by atoms with Gasteiger partial charge in [-0.15, -0.1) is 0 Å². The Hall–Kier alpha value is -1.02. The number of benzene rings is 1. The number of unbranched alkanes of at least 4 members (excludes halogenated alkanes) is 1. The molecule has 1 saturated carbocycles. The van der Waals surface area contributed by atoms with Crippen molar-refractivity contribution in [1.82, 2.24) is 5.32 Å². The fraction of sp³-hybridized carbons (Fsp3) is 0.500. The summed E-state index contributed by atoms with van der Waals surface area (Å²) in [6.45, 7) is 2.88. The standard InChI is InChI=1S/C14H18ClNO/c1-2-3-10-16-13(17)14(8-9-14)11-6-4-5-7-12(11)15/h4-7H,2-3,8-10H2,1H3,(H,16,17). The lowest BCUT2D eigenvalue weighted by Gasteiger charge is -2.16. The van der Waals surface area contributed by atoms with E-state index >= 15 is 0 Å². The van der Waals surface area contributed by atoms with Gasteiger partial charge < -0.3 is 5.32 Å². The highest BCUT2D eigenvalue weighted by molar-refractivity contribution is 6.31. The molecule has 1 aromatic carbocycles. The number of rotatable bonds is 5. The van der Waals surface area contributed by atoms with E-state index in [0.29, 0.717) is 5.02 Å². The van der Waals surface area contributed by atoms with E-state index in [0.717, 1.165) is 37.8 Å². The van der Waals surface area contributed by atoms with Crippen LogP contribution in [0.1, 0.15) is 38.2 Å². The van der Waals surface area contributed by atoms with Gasteiger partial charge in [-0.1, -0.05) is 43.1 Å². The molecule has 1 aromatic rings. The molecule has 2 nitrogen and oxygen atoms in total. The second kappa shape index (κ2) is 5.09. The fourth-order valence-corrected chi connectivity index (χ4v) is 2.46. The molecule has 17 heavy (non-hydrogen) atoms. The molecular formula is C14H18ClNO. The molecule has 0 unspecified atom stereocenters. The maximum Gasteiger partial charge on any atom is 0.230 e. The van der Waals surface area contributed by atoms with Gasteiger partial charge in [0.15, 0.2) is 0 Å². The zero-order valence-electron chi connectivity index (χ0n) is 10.1. The third-order valence-corrected chi connectivity index (χ3v) is 3.72. The third-order valence-electron chi connectivity index (χ3n) is 3.39. The SMILES string of the molecule is CCCCNC(=O)C1(c2ccccc2Cl)CC1. The van der Waals surface area contributed by atoms with Gasteiger partial charge in [-0.25, -0.2) is 0 Å². The minimum atomic E-state index is -0.341. The molecule has 1 fully saturated rings. The van der Waals surface area contributed by atoms with Crippen molar-refractivity contribution in [1.29, 1.82) is 0 Å². The largest absolute Gasteiger partial charge is 0.355 e. The zero-order chi connectivity index (χ0) is 12.3. The predicted octanol–water partition coefficient (Wildman–Crippen LogP) is 3.29. The summed E-state index contributed by atoms with van der Waals surface area (Å²) >= 11 is 6.17. The van der Waals surface area contributed by atoms with E-state index < -0.39 is 0 Å². The first-order chi connectivity index (χ1) is 8.20. The molecular weight excluding hydrogens is 234 g/mol. The maximum absolute atomic E-state index is 12.2. The van der Waals surface area contributed by atoms with Crippen LogP contribution in [0.15, 0.2) is 24.3 Å². The average Bonchev–Trinajstić information content (AvgIpc) is 3.11. The molecule has 92 valence electrons. The van der Waals surface area contributed by atoms with Gasteiger partial charge in [0.1, 0.15) is 0 Å². The van der Waals surface area contributed by atoms with Gasteiger partial charge in [-0.3, -0.25) is 4.79 Å². The highest BCUT2D eigenvalue weighted by atomic mass is 35.5. The molecule has 3 heteroatoms. The van der Waals surface area contributed by atoms with Crippen molar-refractivity contribution in [3.63, 3.8) is 0 Å². The Kier molecular flexibility index (Phi) is 3.72. The van der Waals surface area contributed by atoms with E-state index in [4.69, 9.17) is 11.6 Å². The molecule has 1 N–H and O–H groups in total. The van der Waals surface area contributed by atoms with Crippen LogP contribution in [0.5, 0.6) is 0 Å². The lowest BCUT2D eigenvalue weighted by molar-refractivity contribution is -0.123. The first-order valence-electron chi connectivity index (χ1n) is 6.24. The van der Waals surface area contributed by atoms with Gasteiger partial charge in [-0.2, -0.15) is 0 Å². The van der Waals surface area contributed by atoms with E-state index in [2.05, 4.69) is 12.2 Å². The minimum Gasteiger partial charge on any atom is -0.355 e. The topological polar surface area (TPSA) is 29.1 Å². The smallest absolute Gasteiger partial charge is 0.230 e. The number of amides is 1. The van der Waals surface area contributed by atoms with Crippen molar-refractivity contribution in [2.45, 2.75) is 38.0 Å². The van der Waals surface area contributed by atoms with Gasteiger partial charge in [0.2, 0.25) is 5.91 Å². The summed E-state index contributed by atoms with van der Waals surface area (Å²) in [5, 5.41) is 3.72. The maximum atomic E-state index is 12.2. The quantitative estimate of drug-likeness (QED) is 0.800. The second-order valence-corrected chi connectivity index (χ2v) is 5.08. The molecule has 1 aliphatic carbocycles. The van der Waals surface area contributed by atoms with Crippen LogP contribution in [0.2, 0.25) is 5.02 Å². The number of hydrogen-bond donors (Lipinski definition) is 1. The first-order valence-corrected chi connectivity index (χ1v) is 6.62. The van der Waals surface area contributed by atoms with Crippen molar-refractivity contribution < 1.29 is 4.79 Å². The van der Waals surface area contributed by atoms with Crippen molar-refractivity contribution in [2.75, 3.05) is 6.54 Å². The van der Waals surface area contributed by atoms with Crippen LogP contribution in [0.4, 0.5) is 0 Å². The highest BCUT2D eigenvalue weighted by Crippen LogP contribution is 2.50. The lowest BCUT2D eigenvalue weighted by atomic mass is 9.95.